The highest BCUT2D eigenvalue weighted by atomic mass is 19.1. The Bertz CT molecular complexity index is 465. The van der Waals surface area contributed by atoms with Gasteiger partial charge in [-0.3, -0.25) is 4.79 Å². The molecule has 1 saturated heterocycles. The van der Waals surface area contributed by atoms with Crippen LogP contribution in [0.1, 0.15) is 38.3 Å². The number of likely N-dealkylation sites (tertiary alicyclic amines) is 1. The Hall–Kier alpha value is -1.49. The number of amides is 1. The third-order valence-corrected chi connectivity index (χ3v) is 3.86. The van der Waals surface area contributed by atoms with Crippen molar-refractivity contribution in [3.63, 3.8) is 0 Å². The molecular formula is C15H20F2N2O. The Morgan fingerprint density at radius 3 is 2.35 bits per heavy atom. The molecule has 1 N–H and O–H groups in total. The van der Waals surface area contributed by atoms with E-state index in [-0.39, 0.29) is 23.6 Å². The molecule has 1 heterocycles. The van der Waals surface area contributed by atoms with Crippen molar-refractivity contribution in [3.05, 3.63) is 35.4 Å². The van der Waals surface area contributed by atoms with Crippen LogP contribution in [0.4, 0.5) is 8.78 Å². The summed E-state index contributed by atoms with van der Waals surface area (Å²) >= 11 is 0. The van der Waals surface area contributed by atoms with Gasteiger partial charge in [0.15, 0.2) is 0 Å². The van der Waals surface area contributed by atoms with Crippen molar-refractivity contribution in [3.8, 4) is 0 Å². The zero-order chi connectivity index (χ0) is 14.7. The minimum atomic E-state index is -0.522. The van der Waals surface area contributed by atoms with Gasteiger partial charge in [0.25, 0.3) is 0 Å². The average molecular weight is 282 g/mol. The van der Waals surface area contributed by atoms with Gasteiger partial charge in [-0.2, -0.15) is 0 Å². The summed E-state index contributed by atoms with van der Waals surface area (Å²) < 4.78 is 27.4. The standard InChI is InChI=1S/C15H20F2N2O/c1-10(15-13(16)4-3-5-14(15)17)18-12-6-8-19(9-7-12)11(2)20/h3-5,10,12,18H,6-9H2,1-2H3/t10-/m1/s1. The van der Waals surface area contributed by atoms with Gasteiger partial charge >= 0.3 is 0 Å². The lowest BCUT2D eigenvalue weighted by atomic mass is 10.0. The van der Waals surface area contributed by atoms with Gasteiger partial charge < -0.3 is 10.2 Å². The van der Waals surface area contributed by atoms with Crippen LogP contribution in [-0.2, 0) is 4.79 Å². The van der Waals surface area contributed by atoms with Crippen molar-refractivity contribution in [2.45, 2.75) is 38.8 Å². The summed E-state index contributed by atoms with van der Waals surface area (Å²) in [4.78, 5) is 13.0. The van der Waals surface area contributed by atoms with Crippen molar-refractivity contribution in [2.24, 2.45) is 0 Å². The highest BCUT2D eigenvalue weighted by molar-refractivity contribution is 5.73. The van der Waals surface area contributed by atoms with Crippen molar-refractivity contribution in [2.75, 3.05) is 13.1 Å². The fourth-order valence-electron chi connectivity index (χ4n) is 2.72. The lowest BCUT2D eigenvalue weighted by Crippen LogP contribution is -2.45. The van der Waals surface area contributed by atoms with E-state index in [4.69, 9.17) is 0 Å². The molecule has 3 nitrogen and oxygen atoms in total. The fourth-order valence-corrected chi connectivity index (χ4v) is 2.72. The van der Waals surface area contributed by atoms with Crippen molar-refractivity contribution in [1.82, 2.24) is 10.2 Å². The maximum absolute atomic E-state index is 13.7. The zero-order valence-corrected chi connectivity index (χ0v) is 11.8. The van der Waals surface area contributed by atoms with Gasteiger partial charge in [-0.25, -0.2) is 8.78 Å². The van der Waals surface area contributed by atoms with E-state index in [1.807, 2.05) is 0 Å². The predicted molar refractivity (Wildman–Crippen MR) is 73.2 cm³/mol. The molecule has 0 aliphatic carbocycles. The summed E-state index contributed by atoms with van der Waals surface area (Å²) in [6.07, 6.45) is 1.61. The first-order valence-electron chi connectivity index (χ1n) is 6.94. The summed E-state index contributed by atoms with van der Waals surface area (Å²) in [5.41, 5.74) is 0.0847. The minimum Gasteiger partial charge on any atom is -0.343 e. The molecule has 1 amide bonds. The van der Waals surface area contributed by atoms with Gasteiger partial charge in [0.2, 0.25) is 5.91 Å². The monoisotopic (exact) mass is 282 g/mol. The Labute approximate surface area is 118 Å². The van der Waals surface area contributed by atoms with Crippen molar-refractivity contribution in [1.29, 1.82) is 0 Å². The second-order valence-corrected chi connectivity index (χ2v) is 5.30. The molecule has 0 bridgehead atoms. The number of hydrogen-bond acceptors (Lipinski definition) is 2. The first-order valence-corrected chi connectivity index (χ1v) is 6.94. The number of hydrogen-bond donors (Lipinski definition) is 1. The molecular weight excluding hydrogens is 262 g/mol. The second-order valence-electron chi connectivity index (χ2n) is 5.30. The van der Waals surface area contributed by atoms with Crippen LogP contribution in [0.2, 0.25) is 0 Å². The molecule has 0 spiro atoms. The summed E-state index contributed by atoms with van der Waals surface area (Å²) in [5, 5.41) is 3.26. The molecule has 2 rings (SSSR count). The second kappa shape index (κ2) is 6.31. The van der Waals surface area contributed by atoms with E-state index >= 15 is 0 Å². The normalized spacial score (nSPS) is 18.1. The first-order chi connectivity index (χ1) is 9.49. The van der Waals surface area contributed by atoms with E-state index in [2.05, 4.69) is 5.32 Å². The molecule has 1 fully saturated rings. The molecule has 1 aromatic carbocycles. The Morgan fingerprint density at radius 1 is 1.30 bits per heavy atom. The zero-order valence-electron chi connectivity index (χ0n) is 11.8. The smallest absolute Gasteiger partial charge is 0.219 e. The van der Waals surface area contributed by atoms with E-state index in [0.717, 1.165) is 12.8 Å². The summed E-state index contributed by atoms with van der Waals surface area (Å²) in [6, 6.07) is 3.71. The highest BCUT2D eigenvalue weighted by Gasteiger charge is 2.24. The Morgan fingerprint density at radius 2 is 1.85 bits per heavy atom. The average Bonchev–Trinajstić information content (AvgIpc) is 2.39. The number of carbonyl (C=O) groups is 1. The molecule has 1 atom stereocenters. The van der Waals surface area contributed by atoms with Gasteiger partial charge in [0.05, 0.1) is 0 Å². The number of rotatable bonds is 3. The van der Waals surface area contributed by atoms with Crippen LogP contribution in [0.5, 0.6) is 0 Å². The van der Waals surface area contributed by atoms with Crippen LogP contribution < -0.4 is 5.32 Å². The van der Waals surface area contributed by atoms with E-state index in [9.17, 15) is 13.6 Å². The Kier molecular flexibility index (Phi) is 4.70. The number of nitrogens with zero attached hydrogens (tertiary/aromatic N) is 1. The molecule has 5 heteroatoms. The molecule has 110 valence electrons. The lowest BCUT2D eigenvalue weighted by Gasteiger charge is -2.33. The van der Waals surface area contributed by atoms with Crippen LogP contribution >= 0.6 is 0 Å². The minimum absolute atomic E-state index is 0.0802. The maximum atomic E-state index is 13.7. The largest absolute Gasteiger partial charge is 0.343 e. The maximum Gasteiger partial charge on any atom is 0.219 e. The fraction of sp³-hybridized carbons (Fsp3) is 0.533. The highest BCUT2D eigenvalue weighted by Crippen LogP contribution is 2.22. The number of piperidine rings is 1. The van der Waals surface area contributed by atoms with Gasteiger partial charge in [-0.1, -0.05) is 6.07 Å². The topological polar surface area (TPSA) is 32.3 Å². The quantitative estimate of drug-likeness (QED) is 0.924. The lowest BCUT2D eigenvalue weighted by molar-refractivity contribution is -0.129. The number of benzene rings is 1. The number of carbonyl (C=O) groups excluding carboxylic acids is 1. The van der Waals surface area contributed by atoms with Crippen molar-refractivity contribution < 1.29 is 13.6 Å². The third kappa shape index (κ3) is 3.33. The molecule has 20 heavy (non-hydrogen) atoms. The molecule has 1 aliphatic heterocycles. The summed E-state index contributed by atoms with van der Waals surface area (Å²) in [6.45, 7) is 4.71. The molecule has 0 radical (unpaired) electrons. The van der Waals surface area contributed by atoms with E-state index < -0.39 is 11.6 Å². The summed E-state index contributed by atoms with van der Waals surface area (Å²) in [5.74, 6) is -0.964. The predicted octanol–water partition coefficient (Wildman–Crippen LogP) is 2.63. The van der Waals surface area contributed by atoms with Gasteiger partial charge in [-0.05, 0) is 31.9 Å². The first kappa shape index (κ1) is 14.9. The SMILES string of the molecule is CC(=O)N1CCC(N[C@H](C)c2c(F)cccc2F)CC1. The molecule has 1 aromatic rings. The molecule has 1 aliphatic rings. The van der Waals surface area contributed by atoms with Gasteiger partial charge in [0, 0.05) is 37.7 Å². The van der Waals surface area contributed by atoms with Gasteiger partial charge in [-0.15, -0.1) is 0 Å². The van der Waals surface area contributed by atoms with Crippen LogP contribution in [-0.4, -0.2) is 29.9 Å². The molecule has 0 aromatic heterocycles. The van der Waals surface area contributed by atoms with E-state index in [1.54, 1.807) is 18.7 Å². The van der Waals surface area contributed by atoms with E-state index in [0.29, 0.717) is 13.1 Å². The summed E-state index contributed by atoms with van der Waals surface area (Å²) in [7, 11) is 0. The van der Waals surface area contributed by atoms with Crippen LogP contribution in [0.25, 0.3) is 0 Å². The number of nitrogens with one attached hydrogen (secondary N) is 1. The van der Waals surface area contributed by atoms with Crippen LogP contribution in [0.3, 0.4) is 0 Å². The van der Waals surface area contributed by atoms with Crippen LogP contribution in [0.15, 0.2) is 18.2 Å². The molecule has 0 unspecified atom stereocenters. The van der Waals surface area contributed by atoms with E-state index in [1.165, 1.54) is 18.2 Å². The number of halogens is 2. The third-order valence-electron chi connectivity index (χ3n) is 3.86. The van der Waals surface area contributed by atoms with Crippen LogP contribution in [0, 0.1) is 11.6 Å². The van der Waals surface area contributed by atoms with Gasteiger partial charge in [0.1, 0.15) is 11.6 Å². The Balaban J connectivity index is 1.96. The molecule has 0 saturated carbocycles. The van der Waals surface area contributed by atoms with Crippen molar-refractivity contribution >= 4 is 5.91 Å².